The van der Waals surface area contributed by atoms with E-state index in [-0.39, 0.29) is 5.75 Å². The van der Waals surface area contributed by atoms with Crippen LogP contribution in [0.2, 0.25) is 0 Å². The highest BCUT2D eigenvalue weighted by Crippen LogP contribution is 2.26. The van der Waals surface area contributed by atoms with Crippen LogP contribution in [0.15, 0.2) is 88.1 Å². The Morgan fingerprint density at radius 2 is 1.44 bits per heavy atom. The van der Waals surface area contributed by atoms with Gasteiger partial charge in [0.05, 0.1) is 0 Å². The van der Waals surface area contributed by atoms with E-state index in [0.717, 1.165) is 16.5 Å². The summed E-state index contributed by atoms with van der Waals surface area (Å²) in [7, 11) is 0. The van der Waals surface area contributed by atoms with E-state index in [0.29, 0.717) is 11.3 Å². The average Bonchev–Trinajstić information content (AvgIpc) is 2.64. The molecule has 0 saturated carbocycles. The third-order valence-corrected chi connectivity index (χ3v) is 4.08. The lowest BCUT2D eigenvalue weighted by atomic mass is 10.0. The highest BCUT2D eigenvalue weighted by Gasteiger charge is 2.07. The number of rotatable bonds is 3. The molecule has 0 unspecified atom stereocenters. The van der Waals surface area contributed by atoms with Gasteiger partial charge in [0.25, 0.3) is 0 Å². The van der Waals surface area contributed by atoms with Crippen molar-refractivity contribution in [3.05, 3.63) is 94.8 Å². The zero-order valence-electron chi connectivity index (χ0n) is 13.7. The van der Waals surface area contributed by atoms with Crippen LogP contribution in [0.3, 0.4) is 0 Å². The predicted octanol–water partition coefficient (Wildman–Crippen LogP) is 5.56. The second-order valence-electron chi connectivity index (χ2n) is 5.93. The van der Waals surface area contributed by atoms with Gasteiger partial charge in [0.2, 0.25) is 5.75 Å². The van der Waals surface area contributed by atoms with Crippen molar-refractivity contribution in [2.24, 2.45) is 0 Å². The maximum atomic E-state index is 12.1. The Hall–Kier alpha value is -3.33. The smallest absolute Gasteiger partial charge is 0.379 e. The Balaban J connectivity index is 1.62. The average molecular weight is 328 g/mol. The standard InChI is InChI=1S/C22H16O3/c1-15-6-8-16(9-7-15)17-10-12-19(13-11-17)24-21-14-18-4-2-3-5-20(18)25-22(21)23/h2-14H,1H3. The second-order valence-corrected chi connectivity index (χ2v) is 5.93. The molecule has 4 aromatic rings. The van der Waals surface area contributed by atoms with E-state index < -0.39 is 5.63 Å². The zero-order chi connectivity index (χ0) is 17.2. The summed E-state index contributed by atoms with van der Waals surface area (Å²) in [5.74, 6) is 0.778. The van der Waals surface area contributed by atoms with Crippen LogP contribution in [0.25, 0.3) is 22.1 Å². The fourth-order valence-electron chi connectivity index (χ4n) is 2.70. The van der Waals surface area contributed by atoms with Crippen molar-refractivity contribution in [3.63, 3.8) is 0 Å². The van der Waals surface area contributed by atoms with E-state index in [1.165, 1.54) is 5.56 Å². The summed E-state index contributed by atoms with van der Waals surface area (Å²) in [6.07, 6.45) is 0. The molecule has 4 rings (SSSR count). The first-order valence-electron chi connectivity index (χ1n) is 8.07. The van der Waals surface area contributed by atoms with Crippen LogP contribution >= 0.6 is 0 Å². The minimum Gasteiger partial charge on any atom is -0.450 e. The van der Waals surface area contributed by atoms with Crippen LogP contribution in [-0.2, 0) is 0 Å². The van der Waals surface area contributed by atoms with Crippen molar-refractivity contribution in [2.75, 3.05) is 0 Å². The summed E-state index contributed by atoms with van der Waals surface area (Å²) in [5.41, 5.74) is 3.53. The molecule has 0 amide bonds. The molecule has 0 N–H and O–H groups in total. The lowest BCUT2D eigenvalue weighted by Crippen LogP contribution is -2.02. The summed E-state index contributed by atoms with van der Waals surface area (Å²) >= 11 is 0. The first-order chi connectivity index (χ1) is 12.2. The molecule has 0 aliphatic rings. The minimum atomic E-state index is -0.485. The van der Waals surface area contributed by atoms with Gasteiger partial charge >= 0.3 is 5.63 Å². The maximum absolute atomic E-state index is 12.1. The Labute approximate surface area is 145 Å². The van der Waals surface area contributed by atoms with Crippen LogP contribution in [-0.4, -0.2) is 0 Å². The van der Waals surface area contributed by atoms with E-state index in [1.807, 2.05) is 42.5 Å². The summed E-state index contributed by atoms with van der Waals surface area (Å²) < 4.78 is 11.0. The van der Waals surface area contributed by atoms with E-state index in [4.69, 9.17) is 9.15 Å². The molecule has 1 heterocycles. The Morgan fingerprint density at radius 3 is 2.16 bits per heavy atom. The van der Waals surface area contributed by atoms with Gasteiger partial charge < -0.3 is 9.15 Å². The topological polar surface area (TPSA) is 39.4 Å². The highest BCUT2D eigenvalue weighted by molar-refractivity contribution is 5.77. The molecule has 0 aliphatic carbocycles. The summed E-state index contributed by atoms with van der Waals surface area (Å²) in [4.78, 5) is 12.1. The van der Waals surface area contributed by atoms with Gasteiger partial charge in [-0.3, -0.25) is 0 Å². The van der Waals surface area contributed by atoms with Gasteiger partial charge in [-0.2, -0.15) is 0 Å². The van der Waals surface area contributed by atoms with Crippen molar-refractivity contribution < 1.29 is 9.15 Å². The predicted molar refractivity (Wildman–Crippen MR) is 99.2 cm³/mol. The Bertz CT molecular complexity index is 1070. The number of para-hydroxylation sites is 1. The van der Waals surface area contributed by atoms with Crippen LogP contribution < -0.4 is 10.4 Å². The third-order valence-electron chi connectivity index (χ3n) is 4.08. The van der Waals surface area contributed by atoms with Gasteiger partial charge in [-0.1, -0.05) is 60.2 Å². The molecule has 1 aromatic heterocycles. The van der Waals surface area contributed by atoms with Gasteiger partial charge in [0.1, 0.15) is 11.3 Å². The molecule has 0 aliphatic heterocycles. The Morgan fingerprint density at radius 1 is 0.800 bits per heavy atom. The molecular formula is C22H16O3. The van der Waals surface area contributed by atoms with E-state index in [1.54, 1.807) is 12.1 Å². The first-order valence-corrected chi connectivity index (χ1v) is 8.07. The zero-order valence-corrected chi connectivity index (χ0v) is 13.7. The molecule has 3 aromatic carbocycles. The number of hydrogen-bond acceptors (Lipinski definition) is 3. The molecule has 0 atom stereocenters. The molecule has 122 valence electrons. The van der Waals surface area contributed by atoms with Crippen LogP contribution in [0.4, 0.5) is 0 Å². The monoisotopic (exact) mass is 328 g/mol. The van der Waals surface area contributed by atoms with E-state index >= 15 is 0 Å². The van der Waals surface area contributed by atoms with E-state index in [2.05, 4.69) is 31.2 Å². The van der Waals surface area contributed by atoms with Crippen LogP contribution in [0.5, 0.6) is 11.5 Å². The molecule has 3 heteroatoms. The van der Waals surface area contributed by atoms with Crippen molar-refractivity contribution in [3.8, 4) is 22.6 Å². The van der Waals surface area contributed by atoms with Gasteiger partial charge in [-0.15, -0.1) is 0 Å². The van der Waals surface area contributed by atoms with Crippen molar-refractivity contribution in [1.82, 2.24) is 0 Å². The number of ether oxygens (including phenoxy) is 1. The van der Waals surface area contributed by atoms with Gasteiger partial charge in [-0.25, -0.2) is 4.79 Å². The van der Waals surface area contributed by atoms with Crippen molar-refractivity contribution in [1.29, 1.82) is 0 Å². The largest absolute Gasteiger partial charge is 0.450 e. The fraction of sp³-hybridized carbons (Fsp3) is 0.0455. The number of aryl methyl sites for hydroxylation is 1. The molecule has 0 spiro atoms. The van der Waals surface area contributed by atoms with Crippen LogP contribution in [0.1, 0.15) is 5.56 Å². The summed E-state index contributed by atoms with van der Waals surface area (Å²) in [6.45, 7) is 2.07. The van der Waals surface area contributed by atoms with E-state index in [9.17, 15) is 4.79 Å². The van der Waals surface area contributed by atoms with Crippen molar-refractivity contribution in [2.45, 2.75) is 6.92 Å². The maximum Gasteiger partial charge on any atom is 0.379 e. The quantitative estimate of drug-likeness (QED) is 0.462. The molecule has 0 bridgehead atoms. The molecule has 0 radical (unpaired) electrons. The van der Waals surface area contributed by atoms with Crippen LogP contribution in [0, 0.1) is 6.92 Å². The number of benzene rings is 3. The Kier molecular flexibility index (Phi) is 3.82. The number of hydrogen-bond donors (Lipinski definition) is 0. The molecular weight excluding hydrogens is 312 g/mol. The second kappa shape index (κ2) is 6.29. The third kappa shape index (κ3) is 3.17. The first kappa shape index (κ1) is 15.2. The summed E-state index contributed by atoms with van der Waals surface area (Å²) in [6, 6.07) is 25.1. The lowest BCUT2D eigenvalue weighted by molar-refractivity contribution is 0.437. The number of fused-ring (bicyclic) bond motifs is 1. The minimum absolute atomic E-state index is 0.182. The van der Waals surface area contributed by atoms with Gasteiger partial charge in [-0.05, 0) is 42.3 Å². The normalized spacial score (nSPS) is 10.8. The van der Waals surface area contributed by atoms with Gasteiger partial charge in [0, 0.05) is 5.39 Å². The van der Waals surface area contributed by atoms with Gasteiger partial charge in [0.15, 0.2) is 0 Å². The lowest BCUT2D eigenvalue weighted by Gasteiger charge is -2.07. The SMILES string of the molecule is Cc1ccc(-c2ccc(Oc3cc4ccccc4oc3=O)cc2)cc1. The molecule has 3 nitrogen and oxygen atoms in total. The molecule has 0 saturated heterocycles. The highest BCUT2D eigenvalue weighted by atomic mass is 16.5. The molecule has 0 fully saturated rings. The fourth-order valence-corrected chi connectivity index (χ4v) is 2.70. The molecule has 25 heavy (non-hydrogen) atoms. The van der Waals surface area contributed by atoms with Crippen molar-refractivity contribution >= 4 is 11.0 Å². The summed E-state index contributed by atoms with van der Waals surface area (Å²) in [5, 5.41) is 0.827.